The molecule has 0 saturated carbocycles. The van der Waals surface area contributed by atoms with Crippen molar-refractivity contribution in [3.05, 3.63) is 35.4 Å². The van der Waals surface area contributed by atoms with Crippen molar-refractivity contribution in [2.24, 2.45) is 0 Å². The highest BCUT2D eigenvalue weighted by Crippen LogP contribution is 2.17. The zero-order valence-electron chi connectivity index (χ0n) is 9.42. The van der Waals surface area contributed by atoms with Gasteiger partial charge in [0, 0.05) is 6.61 Å². The largest absolute Gasteiger partial charge is 0.374 e. The minimum atomic E-state index is 0.224. The number of rotatable bonds is 5. The molecule has 1 aromatic carbocycles. The van der Waals surface area contributed by atoms with Crippen LogP contribution in [-0.2, 0) is 4.74 Å². The average Bonchev–Trinajstić information content (AvgIpc) is 2.19. The van der Waals surface area contributed by atoms with Gasteiger partial charge in [-0.1, -0.05) is 43.2 Å². The molecule has 1 heteroatoms. The van der Waals surface area contributed by atoms with E-state index in [4.69, 9.17) is 4.74 Å². The third kappa shape index (κ3) is 3.51. The molecule has 0 radical (unpaired) electrons. The van der Waals surface area contributed by atoms with Crippen LogP contribution in [0.1, 0.15) is 43.9 Å². The molecule has 0 aliphatic heterocycles. The van der Waals surface area contributed by atoms with Crippen molar-refractivity contribution in [1.29, 1.82) is 0 Å². The molecular weight excluding hydrogens is 172 g/mol. The van der Waals surface area contributed by atoms with Crippen LogP contribution in [0.2, 0.25) is 0 Å². The van der Waals surface area contributed by atoms with Crippen LogP contribution < -0.4 is 0 Å². The van der Waals surface area contributed by atoms with Crippen molar-refractivity contribution in [3.63, 3.8) is 0 Å². The maximum atomic E-state index is 5.71. The highest BCUT2D eigenvalue weighted by atomic mass is 16.5. The number of hydrogen-bond acceptors (Lipinski definition) is 1. The van der Waals surface area contributed by atoms with Gasteiger partial charge < -0.3 is 4.74 Å². The Labute approximate surface area is 87.1 Å². The Morgan fingerprint density at radius 2 is 1.86 bits per heavy atom. The lowest BCUT2D eigenvalue weighted by Crippen LogP contribution is -2.01. The fraction of sp³-hybridized carbons (Fsp3) is 0.538. The molecule has 1 aromatic rings. The minimum Gasteiger partial charge on any atom is -0.374 e. The van der Waals surface area contributed by atoms with Crippen molar-refractivity contribution in [2.45, 2.75) is 39.7 Å². The SMILES string of the molecule is CCCCOC(C)c1ccc(C)cc1. The Bertz CT molecular complexity index is 250. The van der Waals surface area contributed by atoms with E-state index in [-0.39, 0.29) is 6.10 Å². The van der Waals surface area contributed by atoms with Crippen LogP contribution in [0.25, 0.3) is 0 Å². The predicted octanol–water partition coefficient (Wildman–Crippen LogP) is 3.87. The quantitative estimate of drug-likeness (QED) is 0.643. The van der Waals surface area contributed by atoms with E-state index >= 15 is 0 Å². The maximum absolute atomic E-state index is 5.71. The summed E-state index contributed by atoms with van der Waals surface area (Å²) in [6.45, 7) is 7.26. The molecule has 1 unspecified atom stereocenters. The number of benzene rings is 1. The smallest absolute Gasteiger partial charge is 0.0796 e. The second kappa shape index (κ2) is 5.82. The summed E-state index contributed by atoms with van der Waals surface area (Å²) in [6, 6.07) is 8.56. The van der Waals surface area contributed by atoms with Crippen molar-refractivity contribution < 1.29 is 4.74 Å². The number of aryl methyl sites for hydroxylation is 1. The lowest BCUT2D eigenvalue weighted by atomic mass is 10.1. The van der Waals surface area contributed by atoms with Crippen molar-refractivity contribution in [3.8, 4) is 0 Å². The van der Waals surface area contributed by atoms with Gasteiger partial charge in [0.15, 0.2) is 0 Å². The average molecular weight is 192 g/mol. The third-order valence-corrected chi connectivity index (χ3v) is 2.41. The normalized spacial score (nSPS) is 12.8. The van der Waals surface area contributed by atoms with Crippen molar-refractivity contribution in [2.75, 3.05) is 6.61 Å². The standard InChI is InChI=1S/C13H20O/c1-4-5-10-14-12(3)13-8-6-11(2)7-9-13/h6-9,12H,4-5,10H2,1-3H3. The summed E-state index contributed by atoms with van der Waals surface area (Å²) in [5.74, 6) is 0. The zero-order valence-corrected chi connectivity index (χ0v) is 9.42. The lowest BCUT2D eigenvalue weighted by molar-refractivity contribution is 0.0637. The summed E-state index contributed by atoms with van der Waals surface area (Å²) in [5, 5.41) is 0. The molecule has 0 N–H and O–H groups in total. The van der Waals surface area contributed by atoms with E-state index in [1.165, 1.54) is 17.5 Å². The van der Waals surface area contributed by atoms with E-state index in [0.29, 0.717) is 0 Å². The molecular formula is C13H20O. The van der Waals surface area contributed by atoms with Crippen LogP contribution in [0.4, 0.5) is 0 Å². The number of unbranched alkanes of at least 4 members (excludes halogenated alkanes) is 1. The first-order valence-electron chi connectivity index (χ1n) is 5.42. The van der Waals surface area contributed by atoms with E-state index in [1.54, 1.807) is 0 Å². The topological polar surface area (TPSA) is 9.23 Å². The molecule has 1 nitrogen and oxygen atoms in total. The van der Waals surface area contributed by atoms with Gasteiger partial charge in [0.1, 0.15) is 0 Å². The van der Waals surface area contributed by atoms with Gasteiger partial charge in [0.25, 0.3) is 0 Å². The highest BCUT2D eigenvalue weighted by molar-refractivity contribution is 5.22. The van der Waals surface area contributed by atoms with Gasteiger partial charge in [0.05, 0.1) is 6.10 Å². The van der Waals surface area contributed by atoms with Crippen LogP contribution in [0.5, 0.6) is 0 Å². The summed E-state index contributed by atoms with van der Waals surface area (Å²) in [7, 11) is 0. The zero-order chi connectivity index (χ0) is 10.4. The summed E-state index contributed by atoms with van der Waals surface area (Å²) < 4.78 is 5.71. The van der Waals surface area contributed by atoms with Crippen LogP contribution in [0.15, 0.2) is 24.3 Å². The van der Waals surface area contributed by atoms with Crippen LogP contribution in [0, 0.1) is 6.92 Å². The highest BCUT2D eigenvalue weighted by Gasteiger charge is 2.03. The van der Waals surface area contributed by atoms with Crippen LogP contribution >= 0.6 is 0 Å². The molecule has 0 fully saturated rings. The van der Waals surface area contributed by atoms with Gasteiger partial charge in [-0.05, 0) is 25.8 Å². The predicted molar refractivity (Wildman–Crippen MR) is 60.5 cm³/mol. The van der Waals surface area contributed by atoms with E-state index in [0.717, 1.165) is 13.0 Å². The number of ether oxygens (including phenoxy) is 1. The minimum absolute atomic E-state index is 0.224. The summed E-state index contributed by atoms with van der Waals surface area (Å²) in [4.78, 5) is 0. The van der Waals surface area contributed by atoms with E-state index in [1.807, 2.05) is 0 Å². The second-order valence-electron chi connectivity index (χ2n) is 3.78. The van der Waals surface area contributed by atoms with Gasteiger partial charge in [-0.15, -0.1) is 0 Å². The van der Waals surface area contributed by atoms with Crippen molar-refractivity contribution in [1.82, 2.24) is 0 Å². The number of hydrogen-bond donors (Lipinski definition) is 0. The summed E-state index contributed by atoms with van der Waals surface area (Å²) in [6.07, 6.45) is 2.57. The maximum Gasteiger partial charge on any atom is 0.0796 e. The molecule has 0 aliphatic carbocycles. The Kier molecular flexibility index (Phi) is 4.68. The Hall–Kier alpha value is -0.820. The van der Waals surface area contributed by atoms with Crippen LogP contribution in [0.3, 0.4) is 0 Å². The molecule has 1 rings (SSSR count). The molecule has 0 bridgehead atoms. The van der Waals surface area contributed by atoms with E-state index in [2.05, 4.69) is 45.0 Å². The monoisotopic (exact) mass is 192 g/mol. The Balaban J connectivity index is 2.43. The van der Waals surface area contributed by atoms with Gasteiger partial charge in [-0.25, -0.2) is 0 Å². The molecule has 0 saturated heterocycles. The third-order valence-electron chi connectivity index (χ3n) is 2.41. The van der Waals surface area contributed by atoms with Crippen LogP contribution in [-0.4, -0.2) is 6.61 Å². The first-order chi connectivity index (χ1) is 6.74. The van der Waals surface area contributed by atoms with Gasteiger partial charge >= 0.3 is 0 Å². The molecule has 78 valence electrons. The fourth-order valence-electron chi connectivity index (χ4n) is 1.34. The Morgan fingerprint density at radius 1 is 1.21 bits per heavy atom. The van der Waals surface area contributed by atoms with Crippen molar-refractivity contribution >= 4 is 0 Å². The molecule has 14 heavy (non-hydrogen) atoms. The van der Waals surface area contributed by atoms with Gasteiger partial charge in [-0.3, -0.25) is 0 Å². The Morgan fingerprint density at radius 3 is 2.43 bits per heavy atom. The summed E-state index contributed by atoms with van der Waals surface area (Å²) in [5.41, 5.74) is 2.57. The molecule has 0 aromatic heterocycles. The second-order valence-corrected chi connectivity index (χ2v) is 3.78. The van der Waals surface area contributed by atoms with E-state index in [9.17, 15) is 0 Å². The van der Waals surface area contributed by atoms with Gasteiger partial charge in [-0.2, -0.15) is 0 Å². The fourth-order valence-corrected chi connectivity index (χ4v) is 1.34. The molecule has 0 aliphatic rings. The first kappa shape index (κ1) is 11.3. The summed E-state index contributed by atoms with van der Waals surface area (Å²) >= 11 is 0. The molecule has 1 atom stereocenters. The van der Waals surface area contributed by atoms with E-state index < -0.39 is 0 Å². The molecule has 0 amide bonds. The first-order valence-corrected chi connectivity index (χ1v) is 5.42. The van der Waals surface area contributed by atoms with Gasteiger partial charge in [0.2, 0.25) is 0 Å². The lowest BCUT2D eigenvalue weighted by Gasteiger charge is -2.13. The molecule has 0 spiro atoms. The molecule has 0 heterocycles.